The second-order valence-electron chi connectivity index (χ2n) is 6.92. The minimum atomic E-state index is -0.288. The summed E-state index contributed by atoms with van der Waals surface area (Å²) in [5.74, 6) is 0.0274. The zero-order valence-corrected chi connectivity index (χ0v) is 15.7. The molecule has 0 aliphatic carbocycles. The molecule has 0 atom stereocenters. The van der Waals surface area contributed by atoms with E-state index >= 15 is 0 Å². The van der Waals surface area contributed by atoms with E-state index in [4.69, 9.17) is 4.74 Å². The molecule has 140 valence electrons. The number of hydrogen-bond donors (Lipinski definition) is 0. The first-order valence-electron chi connectivity index (χ1n) is 9.70. The molecular formula is C22H29FN2O. The van der Waals surface area contributed by atoms with Gasteiger partial charge in [-0.1, -0.05) is 50.1 Å². The van der Waals surface area contributed by atoms with Gasteiger partial charge in [-0.15, -0.1) is 0 Å². The lowest BCUT2D eigenvalue weighted by Gasteiger charge is -2.36. The minimum absolute atomic E-state index is 0.288. The molecule has 0 unspecified atom stereocenters. The molecule has 1 aliphatic rings. The Bertz CT molecular complexity index is 669. The third-order valence-electron chi connectivity index (χ3n) is 4.97. The third-order valence-corrected chi connectivity index (χ3v) is 4.97. The van der Waals surface area contributed by atoms with Crippen LogP contribution in [-0.4, -0.2) is 37.6 Å². The average Bonchev–Trinajstić information content (AvgIpc) is 2.68. The fraction of sp³-hybridized carbons (Fsp3) is 0.455. The maximum absolute atomic E-state index is 14.4. The predicted molar refractivity (Wildman–Crippen MR) is 105 cm³/mol. The molecular weight excluding hydrogens is 327 g/mol. The number of ether oxygens (including phenoxy) is 1. The smallest absolute Gasteiger partial charge is 0.167 e. The first-order chi connectivity index (χ1) is 12.8. The minimum Gasteiger partial charge on any atom is -0.486 e. The van der Waals surface area contributed by atoms with Gasteiger partial charge in [0.25, 0.3) is 0 Å². The lowest BCUT2D eigenvalue weighted by Crippen LogP contribution is -2.46. The van der Waals surface area contributed by atoms with Crippen LogP contribution in [0.3, 0.4) is 0 Å². The first-order valence-corrected chi connectivity index (χ1v) is 9.70. The number of halogens is 1. The van der Waals surface area contributed by atoms with Crippen LogP contribution in [0, 0.1) is 5.82 Å². The molecule has 3 nitrogen and oxygen atoms in total. The van der Waals surface area contributed by atoms with Crippen LogP contribution in [0.5, 0.6) is 5.75 Å². The van der Waals surface area contributed by atoms with Crippen LogP contribution in [-0.2, 0) is 6.61 Å². The van der Waals surface area contributed by atoms with Gasteiger partial charge in [-0.25, -0.2) is 4.39 Å². The Balaban J connectivity index is 1.51. The van der Waals surface area contributed by atoms with Crippen molar-refractivity contribution in [3.05, 3.63) is 59.9 Å². The molecule has 1 fully saturated rings. The molecule has 2 aromatic carbocycles. The van der Waals surface area contributed by atoms with Crippen LogP contribution in [0.2, 0.25) is 0 Å². The number of nitrogens with zero attached hydrogens (tertiary/aromatic N) is 2. The quantitative estimate of drug-likeness (QED) is 0.637. The summed E-state index contributed by atoms with van der Waals surface area (Å²) in [4.78, 5) is 4.78. The zero-order chi connectivity index (χ0) is 18.2. The van der Waals surface area contributed by atoms with E-state index in [1.54, 1.807) is 12.1 Å². The van der Waals surface area contributed by atoms with Gasteiger partial charge in [-0.3, -0.25) is 4.90 Å². The van der Waals surface area contributed by atoms with E-state index < -0.39 is 0 Å². The number of rotatable bonds is 8. The predicted octanol–water partition coefficient (Wildman–Crippen LogP) is 4.72. The van der Waals surface area contributed by atoms with E-state index in [0.717, 1.165) is 37.4 Å². The summed E-state index contributed by atoms with van der Waals surface area (Å²) in [6, 6.07) is 15.2. The lowest BCUT2D eigenvalue weighted by molar-refractivity contribution is 0.252. The van der Waals surface area contributed by atoms with Crippen LogP contribution in [0.4, 0.5) is 10.1 Å². The Morgan fingerprint density at radius 3 is 2.42 bits per heavy atom. The molecule has 0 spiro atoms. The Morgan fingerprint density at radius 2 is 1.73 bits per heavy atom. The van der Waals surface area contributed by atoms with E-state index in [-0.39, 0.29) is 5.82 Å². The molecule has 0 amide bonds. The topological polar surface area (TPSA) is 15.7 Å². The van der Waals surface area contributed by atoms with Gasteiger partial charge < -0.3 is 9.64 Å². The number of hydrogen-bond acceptors (Lipinski definition) is 3. The van der Waals surface area contributed by atoms with Gasteiger partial charge in [-0.05, 0) is 30.7 Å². The van der Waals surface area contributed by atoms with Crippen molar-refractivity contribution in [3.8, 4) is 5.75 Å². The van der Waals surface area contributed by atoms with Gasteiger partial charge in [0, 0.05) is 37.9 Å². The molecule has 26 heavy (non-hydrogen) atoms. The molecule has 1 saturated heterocycles. The van der Waals surface area contributed by atoms with Crippen LogP contribution in [0.1, 0.15) is 31.7 Å². The maximum atomic E-state index is 14.4. The zero-order valence-electron chi connectivity index (χ0n) is 15.7. The highest BCUT2D eigenvalue weighted by Crippen LogP contribution is 2.25. The second kappa shape index (κ2) is 9.58. The Hall–Kier alpha value is -2.07. The molecule has 4 heteroatoms. The highest BCUT2D eigenvalue weighted by molar-refractivity contribution is 5.50. The molecule has 0 bridgehead atoms. The summed E-state index contributed by atoms with van der Waals surface area (Å²) in [5, 5.41) is 0. The average molecular weight is 356 g/mol. The summed E-state index contributed by atoms with van der Waals surface area (Å²) in [7, 11) is 0. The fourth-order valence-corrected chi connectivity index (χ4v) is 3.35. The Morgan fingerprint density at radius 1 is 0.962 bits per heavy atom. The van der Waals surface area contributed by atoms with E-state index in [2.05, 4.69) is 16.7 Å². The number of anilines is 1. The van der Waals surface area contributed by atoms with Gasteiger partial charge in [0.2, 0.25) is 0 Å². The van der Waals surface area contributed by atoms with Crippen molar-refractivity contribution in [2.75, 3.05) is 37.6 Å². The molecule has 0 aromatic heterocycles. The highest BCUT2D eigenvalue weighted by Gasteiger charge is 2.18. The van der Waals surface area contributed by atoms with E-state index in [1.807, 2.05) is 36.4 Å². The van der Waals surface area contributed by atoms with Crippen LogP contribution >= 0.6 is 0 Å². The Kier molecular flexibility index (Phi) is 6.89. The van der Waals surface area contributed by atoms with Gasteiger partial charge in [0.15, 0.2) is 11.6 Å². The molecule has 0 saturated carbocycles. The lowest BCUT2D eigenvalue weighted by atomic mass is 10.2. The molecule has 3 rings (SSSR count). The summed E-state index contributed by atoms with van der Waals surface area (Å²) in [6.07, 6.45) is 3.84. The van der Waals surface area contributed by atoms with Crippen molar-refractivity contribution in [2.24, 2.45) is 0 Å². The first kappa shape index (κ1) is 18.7. The largest absolute Gasteiger partial charge is 0.486 e. The van der Waals surface area contributed by atoms with Crippen molar-refractivity contribution >= 4 is 5.69 Å². The molecule has 2 aromatic rings. The maximum Gasteiger partial charge on any atom is 0.167 e. The Labute approximate surface area is 156 Å². The van der Waals surface area contributed by atoms with E-state index in [9.17, 15) is 4.39 Å². The number of benzene rings is 2. The van der Waals surface area contributed by atoms with Gasteiger partial charge in [-0.2, -0.15) is 0 Å². The molecule has 1 aliphatic heterocycles. The molecule has 1 heterocycles. The molecule has 0 radical (unpaired) electrons. The van der Waals surface area contributed by atoms with Gasteiger partial charge >= 0.3 is 0 Å². The van der Waals surface area contributed by atoms with E-state index in [0.29, 0.717) is 12.4 Å². The van der Waals surface area contributed by atoms with Crippen molar-refractivity contribution < 1.29 is 9.13 Å². The third kappa shape index (κ3) is 5.21. The van der Waals surface area contributed by atoms with Crippen molar-refractivity contribution in [3.63, 3.8) is 0 Å². The normalized spacial score (nSPS) is 15.2. The van der Waals surface area contributed by atoms with Crippen molar-refractivity contribution in [2.45, 2.75) is 32.8 Å². The fourth-order valence-electron chi connectivity index (χ4n) is 3.35. The monoisotopic (exact) mass is 356 g/mol. The van der Waals surface area contributed by atoms with E-state index in [1.165, 1.54) is 25.8 Å². The SMILES string of the molecule is CCCCCN1CCN(c2ccc(OCc3ccccc3)c(F)c2)CC1. The van der Waals surface area contributed by atoms with Crippen molar-refractivity contribution in [1.82, 2.24) is 4.90 Å². The highest BCUT2D eigenvalue weighted by atomic mass is 19.1. The van der Waals surface area contributed by atoms with Crippen LogP contribution in [0.25, 0.3) is 0 Å². The summed E-state index contributed by atoms with van der Waals surface area (Å²) in [5.41, 5.74) is 1.98. The van der Waals surface area contributed by atoms with Crippen molar-refractivity contribution in [1.29, 1.82) is 0 Å². The summed E-state index contributed by atoms with van der Waals surface area (Å²) < 4.78 is 20.1. The van der Waals surface area contributed by atoms with Gasteiger partial charge in [0.1, 0.15) is 6.61 Å². The number of unbranched alkanes of at least 4 members (excludes halogenated alkanes) is 2. The van der Waals surface area contributed by atoms with Crippen LogP contribution < -0.4 is 9.64 Å². The number of piperazine rings is 1. The summed E-state index contributed by atoms with van der Waals surface area (Å²) in [6.45, 7) is 7.82. The second-order valence-corrected chi connectivity index (χ2v) is 6.92. The van der Waals surface area contributed by atoms with Crippen LogP contribution in [0.15, 0.2) is 48.5 Å². The van der Waals surface area contributed by atoms with Gasteiger partial charge in [0.05, 0.1) is 0 Å². The standard InChI is InChI=1S/C22H29FN2O/c1-2-3-7-12-24-13-15-25(16-14-24)20-10-11-22(21(23)17-20)26-18-19-8-5-4-6-9-19/h4-6,8-11,17H,2-3,7,12-16,18H2,1H3. The molecule has 0 N–H and O–H groups in total. The summed E-state index contributed by atoms with van der Waals surface area (Å²) >= 11 is 0.